The summed E-state index contributed by atoms with van der Waals surface area (Å²) < 4.78 is 0. The molecule has 0 amide bonds. The Hall–Kier alpha value is -0.930. The van der Waals surface area contributed by atoms with Crippen LogP contribution in [-0.2, 0) is 4.79 Å². The second-order valence-electron chi connectivity index (χ2n) is 4.59. The van der Waals surface area contributed by atoms with Gasteiger partial charge in [0.2, 0.25) is 0 Å². The molecule has 0 aliphatic rings. The highest BCUT2D eigenvalue weighted by Gasteiger charge is 2.04. The van der Waals surface area contributed by atoms with E-state index in [4.69, 9.17) is 0 Å². The summed E-state index contributed by atoms with van der Waals surface area (Å²) in [7, 11) is 0. The van der Waals surface area contributed by atoms with Crippen molar-refractivity contribution in [2.24, 2.45) is 0 Å². The number of hydrogen-bond donors (Lipinski definition) is 2. The van der Waals surface area contributed by atoms with Gasteiger partial charge in [-0.05, 0) is 26.2 Å². The van der Waals surface area contributed by atoms with Gasteiger partial charge in [0.15, 0.2) is 0 Å². The standard InChI is InChI=1S/C14H26N2O/c1-5-6-7-14(11-17)16-15-10-13(4)9-8-12(2)3/h11,14-16H,2,4-10H2,1,3H3/t14-/m0/s1. The first-order chi connectivity index (χ1) is 8.10. The van der Waals surface area contributed by atoms with Crippen molar-refractivity contribution in [3.8, 4) is 0 Å². The lowest BCUT2D eigenvalue weighted by atomic mass is 10.1. The van der Waals surface area contributed by atoms with Crippen molar-refractivity contribution in [3.63, 3.8) is 0 Å². The molecule has 0 aromatic carbocycles. The van der Waals surface area contributed by atoms with Crippen molar-refractivity contribution in [2.75, 3.05) is 6.54 Å². The van der Waals surface area contributed by atoms with Crippen molar-refractivity contribution >= 4 is 6.29 Å². The van der Waals surface area contributed by atoms with Crippen molar-refractivity contribution in [1.82, 2.24) is 10.9 Å². The van der Waals surface area contributed by atoms with Gasteiger partial charge in [0.1, 0.15) is 6.29 Å². The molecule has 0 fully saturated rings. The third kappa shape index (κ3) is 9.97. The summed E-state index contributed by atoms with van der Waals surface area (Å²) in [6.45, 7) is 12.7. The number of unbranched alkanes of at least 4 members (excludes halogenated alkanes) is 1. The number of rotatable bonds is 11. The smallest absolute Gasteiger partial charge is 0.138 e. The molecule has 0 aromatic rings. The molecule has 0 radical (unpaired) electrons. The van der Waals surface area contributed by atoms with E-state index >= 15 is 0 Å². The van der Waals surface area contributed by atoms with Crippen LogP contribution in [0.2, 0.25) is 0 Å². The molecule has 0 bridgehead atoms. The van der Waals surface area contributed by atoms with Crippen LogP contribution in [0.4, 0.5) is 0 Å². The largest absolute Gasteiger partial charge is 0.302 e. The quantitative estimate of drug-likeness (QED) is 0.330. The maximum Gasteiger partial charge on any atom is 0.138 e. The Labute approximate surface area is 105 Å². The lowest BCUT2D eigenvalue weighted by Gasteiger charge is -2.14. The maximum absolute atomic E-state index is 10.8. The molecule has 3 nitrogen and oxygen atoms in total. The van der Waals surface area contributed by atoms with E-state index in [9.17, 15) is 4.79 Å². The van der Waals surface area contributed by atoms with Gasteiger partial charge >= 0.3 is 0 Å². The van der Waals surface area contributed by atoms with Crippen LogP contribution < -0.4 is 10.9 Å². The fourth-order valence-electron chi connectivity index (χ4n) is 1.38. The molecule has 17 heavy (non-hydrogen) atoms. The Morgan fingerprint density at radius 2 is 2.06 bits per heavy atom. The summed E-state index contributed by atoms with van der Waals surface area (Å²) in [5.41, 5.74) is 8.38. The van der Waals surface area contributed by atoms with Gasteiger partial charge in [0.25, 0.3) is 0 Å². The van der Waals surface area contributed by atoms with Crippen molar-refractivity contribution in [3.05, 3.63) is 24.3 Å². The first-order valence-electron chi connectivity index (χ1n) is 6.34. The molecule has 98 valence electrons. The topological polar surface area (TPSA) is 41.1 Å². The van der Waals surface area contributed by atoms with Crippen LogP contribution in [0.25, 0.3) is 0 Å². The highest BCUT2D eigenvalue weighted by molar-refractivity contribution is 5.57. The Balaban J connectivity index is 3.62. The molecule has 0 saturated heterocycles. The Morgan fingerprint density at radius 3 is 2.59 bits per heavy atom. The lowest BCUT2D eigenvalue weighted by Crippen LogP contribution is -2.42. The Bertz CT molecular complexity index is 249. The zero-order valence-electron chi connectivity index (χ0n) is 11.2. The second kappa shape index (κ2) is 10.2. The van der Waals surface area contributed by atoms with E-state index in [0.29, 0.717) is 6.54 Å². The number of aldehydes is 1. The van der Waals surface area contributed by atoms with Crippen LogP contribution in [0.15, 0.2) is 24.3 Å². The fraction of sp³-hybridized carbons (Fsp3) is 0.643. The van der Waals surface area contributed by atoms with Crippen LogP contribution in [-0.4, -0.2) is 18.9 Å². The zero-order valence-corrected chi connectivity index (χ0v) is 11.2. The minimum absolute atomic E-state index is 0.0936. The summed E-state index contributed by atoms with van der Waals surface area (Å²) in [4.78, 5) is 10.8. The summed E-state index contributed by atoms with van der Waals surface area (Å²) in [6.07, 6.45) is 5.94. The highest BCUT2D eigenvalue weighted by atomic mass is 16.1. The third-order valence-electron chi connectivity index (χ3n) is 2.56. The SMILES string of the molecule is C=C(C)CCC(=C)CNN[C@H](C=O)CCCC. The molecule has 2 N–H and O–H groups in total. The van der Waals surface area contributed by atoms with Crippen LogP contribution in [0.5, 0.6) is 0 Å². The van der Waals surface area contributed by atoms with Gasteiger partial charge in [-0.2, -0.15) is 0 Å². The molecule has 0 unspecified atom stereocenters. The molecule has 3 heteroatoms. The molecule has 0 heterocycles. The third-order valence-corrected chi connectivity index (χ3v) is 2.56. The van der Waals surface area contributed by atoms with Crippen molar-refractivity contribution < 1.29 is 4.79 Å². The van der Waals surface area contributed by atoms with E-state index in [0.717, 1.165) is 44.0 Å². The van der Waals surface area contributed by atoms with E-state index < -0.39 is 0 Å². The number of carbonyl (C=O) groups is 1. The summed E-state index contributed by atoms with van der Waals surface area (Å²) in [5, 5.41) is 0. The molecule has 0 aliphatic heterocycles. The van der Waals surface area contributed by atoms with E-state index in [2.05, 4.69) is 30.9 Å². The molecule has 0 aliphatic carbocycles. The predicted octanol–water partition coefficient (Wildman–Crippen LogP) is 2.75. The average Bonchev–Trinajstić information content (AvgIpc) is 2.30. The predicted molar refractivity (Wildman–Crippen MR) is 73.7 cm³/mol. The van der Waals surface area contributed by atoms with Crippen LogP contribution in [0.1, 0.15) is 46.0 Å². The second-order valence-corrected chi connectivity index (χ2v) is 4.59. The van der Waals surface area contributed by atoms with E-state index in [-0.39, 0.29) is 6.04 Å². The zero-order chi connectivity index (χ0) is 13.1. The summed E-state index contributed by atoms with van der Waals surface area (Å²) in [6, 6.07) is -0.0936. The number of hydrazine groups is 1. The van der Waals surface area contributed by atoms with Gasteiger partial charge in [-0.25, -0.2) is 5.43 Å². The van der Waals surface area contributed by atoms with Crippen LogP contribution in [0, 0.1) is 0 Å². The monoisotopic (exact) mass is 238 g/mol. The van der Waals surface area contributed by atoms with E-state index in [1.807, 2.05) is 6.92 Å². The molecule has 0 saturated carbocycles. The fourth-order valence-corrected chi connectivity index (χ4v) is 1.38. The molecule has 0 spiro atoms. The minimum Gasteiger partial charge on any atom is -0.302 e. The lowest BCUT2D eigenvalue weighted by molar-refractivity contribution is -0.110. The normalized spacial score (nSPS) is 12.1. The number of hydrogen-bond acceptors (Lipinski definition) is 3. The minimum atomic E-state index is -0.0936. The van der Waals surface area contributed by atoms with Gasteiger partial charge in [-0.3, -0.25) is 5.43 Å². The first kappa shape index (κ1) is 16.1. The Kier molecular flexibility index (Phi) is 9.68. The first-order valence-corrected chi connectivity index (χ1v) is 6.34. The molecular formula is C14H26N2O. The maximum atomic E-state index is 10.8. The number of nitrogens with one attached hydrogen (secondary N) is 2. The van der Waals surface area contributed by atoms with Gasteiger partial charge < -0.3 is 4.79 Å². The van der Waals surface area contributed by atoms with E-state index in [1.54, 1.807) is 0 Å². The van der Waals surface area contributed by atoms with Crippen LogP contribution in [0.3, 0.4) is 0 Å². The van der Waals surface area contributed by atoms with Gasteiger partial charge in [-0.1, -0.05) is 37.5 Å². The molecular weight excluding hydrogens is 212 g/mol. The van der Waals surface area contributed by atoms with Gasteiger partial charge in [-0.15, -0.1) is 6.58 Å². The number of carbonyl (C=O) groups excluding carboxylic acids is 1. The molecule has 1 atom stereocenters. The van der Waals surface area contributed by atoms with Crippen LogP contribution >= 0.6 is 0 Å². The summed E-state index contributed by atoms with van der Waals surface area (Å²) in [5.74, 6) is 0. The van der Waals surface area contributed by atoms with Gasteiger partial charge in [0, 0.05) is 6.54 Å². The average molecular weight is 238 g/mol. The highest BCUT2D eigenvalue weighted by Crippen LogP contribution is 2.06. The van der Waals surface area contributed by atoms with Crippen molar-refractivity contribution in [1.29, 1.82) is 0 Å². The molecule has 0 aromatic heterocycles. The molecule has 0 rings (SSSR count). The summed E-state index contributed by atoms with van der Waals surface area (Å²) >= 11 is 0. The van der Waals surface area contributed by atoms with Crippen molar-refractivity contribution in [2.45, 2.75) is 52.0 Å². The number of allylic oxidation sites excluding steroid dienone is 1. The van der Waals surface area contributed by atoms with Gasteiger partial charge in [0.05, 0.1) is 6.04 Å². The Morgan fingerprint density at radius 1 is 1.35 bits per heavy atom. The van der Waals surface area contributed by atoms with E-state index in [1.165, 1.54) is 5.57 Å².